The Morgan fingerprint density at radius 3 is 2.25 bits per heavy atom. The Morgan fingerprint density at radius 2 is 1.81 bits per heavy atom. The summed E-state index contributed by atoms with van der Waals surface area (Å²) in [6, 6.07) is 2.01. The van der Waals surface area contributed by atoms with Crippen LogP contribution in [0.5, 0.6) is 11.5 Å². The van der Waals surface area contributed by atoms with Gasteiger partial charge < -0.3 is 20.4 Å². The summed E-state index contributed by atoms with van der Waals surface area (Å²) < 4.78 is 0. The summed E-state index contributed by atoms with van der Waals surface area (Å²) in [4.78, 5) is 10.6. The van der Waals surface area contributed by atoms with Crippen molar-refractivity contribution in [3.05, 3.63) is 23.3 Å². The number of rotatable bonds is 2. The number of hydrogen-bond donors (Lipinski definition) is 4. The fraction of sp³-hybridized carbons (Fsp3) is 0.182. The number of phenols is 2. The molecule has 0 spiro atoms. The Balaban J connectivity index is 3.14. The van der Waals surface area contributed by atoms with Crippen molar-refractivity contribution in [2.75, 3.05) is 6.61 Å². The molecule has 5 nitrogen and oxygen atoms in total. The minimum absolute atomic E-state index is 0.0431. The second-order valence-corrected chi connectivity index (χ2v) is 2.97. The number of carbonyl (C=O) groups is 1. The predicted molar refractivity (Wildman–Crippen MR) is 55.3 cm³/mol. The van der Waals surface area contributed by atoms with E-state index in [2.05, 4.69) is 11.8 Å². The zero-order valence-corrected chi connectivity index (χ0v) is 8.27. The van der Waals surface area contributed by atoms with Crippen molar-refractivity contribution in [3.63, 3.8) is 0 Å². The van der Waals surface area contributed by atoms with E-state index in [1.165, 1.54) is 0 Å². The van der Waals surface area contributed by atoms with Gasteiger partial charge in [0.25, 0.3) is 0 Å². The highest BCUT2D eigenvalue weighted by atomic mass is 16.4. The number of benzene rings is 1. The molecule has 0 unspecified atom stereocenters. The first-order valence-corrected chi connectivity index (χ1v) is 4.45. The van der Waals surface area contributed by atoms with Gasteiger partial charge in [0.05, 0.1) is 12.2 Å². The molecule has 1 aromatic rings. The molecule has 0 bridgehead atoms. The number of aromatic hydroxyl groups is 2. The molecule has 0 aromatic heterocycles. The molecular weight excluding hydrogens is 212 g/mol. The third kappa shape index (κ3) is 2.65. The van der Waals surface area contributed by atoms with Gasteiger partial charge in [-0.3, -0.25) is 0 Å². The Morgan fingerprint density at radius 1 is 1.25 bits per heavy atom. The van der Waals surface area contributed by atoms with E-state index in [9.17, 15) is 15.0 Å². The summed E-state index contributed by atoms with van der Waals surface area (Å²) in [5.41, 5.74) is -0.263. The van der Waals surface area contributed by atoms with Crippen LogP contribution in [0.25, 0.3) is 0 Å². The molecule has 0 saturated carbocycles. The molecule has 0 aliphatic heterocycles. The van der Waals surface area contributed by atoms with Gasteiger partial charge >= 0.3 is 5.97 Å². The van der Waals surface area contributed by atoms with Gasteiger partial charge in [-0.1, -0.05) is 11.8 Å². The minimum Gasteiger partial charge on any atom is -0.506 e. The van der Waals surface area contributed by atoms with Crippen LogP contribution in [0.3, 0.4) is 0 Å². The second kappa shape index (κ2) is 5.05. The maximum atomic E-state index is 10.6. The largest absolute Gasteiger partial charge is 0.506 e. The number of hydrogen-bond acceptors (Lipinski definition) is 4. The van der Waals surface area contributed by atoms with E-state index in [1.54, 1.807) is 0 Å². The van der Waals surface area contributed by atoms with Gasteiger partial charge in [-0.2, -0.15) is 0 Å². The van der Waals surface area contributed by atoms with Crippen LogP contribution in [0.2, 0.25) is 0 Å². The number of aliphatic hydroxyl groups excluding tert-OH is 1. The molecule has 5 heteroatoms. The summed E-state index contributed by atoms with van der Waals surface area (Å²) in [7, 11) is 0. The van der Waals surface area contributed by atoms with Crippen molar-refractivity contribution in [2.45, 2.75) is 6.42 Å². The Hall–Kier alpha value is -2.19. The van der Waals surface area contributed by atoms with E-state index in [0.29, 0.717) is 0 Å². The van der Waals surface area contributed by atoms with Gasteiger partial charge in [-0.15, -0.1) is 0 Å². The highest BCUT2D eigenvalue weighted by Gasteiger charge is 2.11. The molecule has 0 fully saturated rings. The summed E-state index contributed by atoms with van der Waals surface area (Å²) in [5.74, 6) is 2.91. The molecule has 0 aliphatic carbocycles. The lowest BCUT2D eigenvalue weighted by atomic mass is 10.1. The van der Waals surface area contributed by atoms with E-state index in [-0.39, 0.29) is 24.2 Å². The maximum Gasteiger partial charge on any atom is 0.335 e. The van der Waals surface area contributed by atoms with Gasteiger partial charge in [-0.25, -0.2) is 4.79 Å². The first kappa shape index (κ1) is 11.9. The summed E-state index contributed by atoms with van der Waals surface area (Å²) in [6.07, 6.45) is 0.208. The van der Waals surface area contributed by atoms with Gasteiger partial charge in [-0.05, 0) is 12.1 Å². The third-order valence-electron chi connectivity index (χ3n) is 1.79. The Bertz CT molecular complexity index is 444. The highest BCUT2D eigenvalue weighted by molar-refractivity contribution is 5.89. The van der Waals surface area contributed by atoms with E-state index in [0.717, 1.165) is 12.1 Å². The number of carboxylic acids is 1. The molecule has 0 radical (unpaired) electrons. The maximum absolute atomic E-state index is 10.6. The lowest BCUT2D eigenvalue weighted by Gasteiger charge is -2.02. The molecule has 0 atom stereocenters. The normalized spacial score (nSPS) is 9.31. The van der Waals surface area contributed by atoms with Crippen LogP contribution in [0, 0.1) is 11.8 Å². The fourth-order valence-corrected chi connectivity index (χ4v) is 1.07. The fourth-order valence-electron chi connectivity index (χ4n) is 1.07. The van der Waals surface area contributed by atoms with Crippen LogP contribution >= 0.6 is 0 Å². The molecule has 1 aromatic carbocycles. The Kier molecular flexibility index (Phi) is 3.75. The monoisotopic (exact) mass is 222 g/mol. The summed E-state index contributed by atoms with van der Waals surface area (Å²) in [5, 5.41) is 36.0. The lowest BCUT2D eigenvalue weighted by molar-refractivity contribution is 0.0696. The first-order valence-electron chi connectivity index (χ1n) is 4.45. The van der Waals surface area contributed by atoms with Crippen LogP contribution < -0.4 is 0 Å². The Labute approximate surface area is 91.6 Å². The second-order valence-electron chi connectivity index (χ2n) is 2.97. The van der Waals surface area contributed by atoms with E-state index in [1.807, 2.05) is 0 Å². The molecule has 0 saturated heterocycles. The van der Waals surface area contributed by atoms with Crippen LogP contribution in [0.1, 0.15) is 22.3 Å². The molecule has 0 amide bonds. The minimum atomic E-state index is -1.25. The molecule has 16 heavy (non-hydrogen) atoms. The van der Waals surface area contributed by atoms with Gasteiger partial charge in [0.1, 0.15) is 17.1 Å². The summed E-state index contributed by atoms with van der Waals surface area (Å²) >= 11 is 0. The van der Waals surface area contributed by atoms with E-state index >= 15 is 0 Å². The number of aliphatic hydroxyl groups is 1. The average molecular weight is 222 g/mol. The van der Waals surface area contributed by atoms with Crippen molar-refractivity contribution < 1.29 is 25.2 Å². The highest BCUT2D eigenvalue weighted by Crippen LogP contribution is 2.27. The topological polar surface area (TPSA) is 98.0 Å². The molecule has 0 heterocycles. The van der Waals surface area contributed by atoms with Crippen molar-refractivity contribution in [1.82, 2.24) is 0 Å². The quantitative estimate of drug-likeness (QED) is 0.547. The predicted octanol–water partition coefficient (Wildman–Crippen LogP) is 0.530. The van der Waals surface area contributed by atoms with Gasteiger partial charge in [0, 0.05) is 6.42 Å². The van der Waals surface area contributed by atoms with Crippen molar-refractivity contribution in [3.8, 4) is 23.3 Å². The van der Waals surface area contributed by atoms with Crippen molar-refractivity contribution in [2.24, 2.45) is 0 Å². The van der Waals surface area contributed by atoms with Gasteiger partial charge in [0.2, 0.25) is 0 Å². The molecule has 0 aliphatic rings. The smallest absolute Gasteiger partial charge is 0.335 e. The SMILES string of the molecule is O=C(O)c1cc(O)c(C#CCCO)c(O)c1. The third-order valence-corrected chi connectivity index (χ3v) is 1.79. The molecule has 1 rings (SSSR count). The standard InChI is InChI=1S/C11H10O5/c12-4-2-1-3-8-9(13)5-7(11(15)16)6-10(8)14/h5-6,12-14H,2,4H2,(H,15,16). The van der Waals surface area contributed by atoms with Crippen LogP contribution in [-0.4, -0.2) is 33.0 Å². The van der Waals surface area contributed by atoms with Crippen LogP contribution in [0.15, 0.2) is 12.1 Å². The van der Waals surface area contributed by atoms with Crippen molar-refractivity contribution in [1.29, 1.82) is 0 Å². The zero-order valence-electron chi connectivity index (χ0n) is 8.27. The van der Waals surface area contributed by atoms with Gasteiger partial charge in [0.15, 0.2) is 0 Å². The number of phenolic OH excluding ortho intramolecular Hbond substituents is 2. The molecule has 4 N–H and O–H groups in total. The van der Waals surface area contributed by atoms with Crippen LogP contribution in [0.4, 0.5) is 0 Å². The molecule has 84 valence electrons. The van der Waals surface area contributed by atoms with E-state index < -0.39 is 17.5 Å². The molecular formula is C11H10O5. The van der Waals surface area contributed by atoms with Crippen LogP contribution in [-0.2, 0) is 0 Å². The average Bonchev–Trinajstić information content (AvgIpc) is 2.21. The number of aromatic carboxylic acids is 1. The zero-order chi connectivity index (χ0) is 12.1. The van der Waals surface area contributed by atoms with Crippen molar-refractivity contribution >= 4 is 5.97 Å². The number of carboxylic acid groups (broad SMARTS) is 1. The lowest BCUT2D eigenvalue weighted by Crippen LogP contribution is -1.96. The first-order chi connectivity index (χ1) is 7.56. The van der Waals surface area contributed by atoms with E-state index in [4.69, 9.17) is 10.2 Å². The summed E-state index contributed by atoms with van der Waals surface area (Å²) in [6.45, 7) is -0.123.